The molecule has 29 heavy (non-hydrogen) atoms. The first-order chi connectivity index (χ1) is 14.1. The van der Waals surface area contributed by atoms with Crippen LogP contribution in [0.15, 0.2) is 0 Å². The number of carbonyl (C=O) groups excluding carboxylic acids is 1. The molecule has 0 fully saturated rings. The van der Waals surface area contributed by atoms with Gasteiger partial charge in [-0.15, -0.1) is 6.42 Å². The summed E-state index contributed by atoms with van der Waals surface area (Å²) in [7, 11) is 0. The summed E-state index contributed by atoms with van der Waals surface area (Å²) in [6.07, 6.45) is 7.47. The molecule has 0 aromatic heterocycles. The number of hydrogen-bond acceptors (Lipinski definition) is 8. The zero-order chi connectivity index (χ0) is 21.6. The van der Waals surface area contributed by atoms with Crippen molar-refractivity contribution in [3.8, 4) is 12.3 Å². The van der Waals surface area contributed by atoms with E-state index in [1.165, 1.54) is 0 Å². The van der Waals surface area contributed by atoms with Crippen LogP contribution >= 0.6 is 0 Å². The van der Waals surface area contributed by atoms with Crippen LogP contribution in [-0.2, 0) is 23.7 Å². The fourth-order valence-corrected chi connectivity index (χ4v) is 2.38. The molecule has 9 nitrogen and oxygen atoms in total. The fourth-order valence-electron chi connectivity index (χ4n) is 2.38. The molecular weight excluding hydrogens is 380 g/mol. The van der Waals surface area contributed by atoms with Gasteiger partial charge in [0.1, 0.15) is 6.61 Å². The summed E-state index contributed by atoms with van der Waals surface area (Å²) >= 11 is 0. The maximum atomic E-state index is 11.9. The summed E-state index contributed by atoms with van der Waals surface area (Å²) in [4.78, 5) is 11.9. The number of carbonyl (C=O) groups is 1. The summed E-state index contributed by atoms with van der Waals surface area (Å²) < 4.78 is 21.1. The zero-order valence-corrected chi connectivity index (χ0v) is 17.4. The van der Waals surface area contributed by atoms with Crippen LogP contribution in [0.25, 0.3) is 0 Å². The number of nitrogens with one attached hydrogen (secondary N) is 1. The van der Waals surface area contributed by atoms with Gasteiger partial charge in [-0.1, -0.05) is 12.3 Å². The summed E-state index contributed by atoms with van der Waals surface area (Å²) in [6.45, 7) is 3.61. The lowest BCUT2D eigenvalue weighted by atomic mass is 9.84. The Hall–Kier alpha value is -1.25. The SMILES string of the molecule is C#CCOCCOCCOCCOCCC(=O)NCC(CO)(CO)CCCCN. The number of amides is 1. The van der Waals surface area contributed by atoms with E-state index in [2.05, 4.69) is 11.2 Å². The molecule has 0 spiro atoms. The van der Waals surface area contributed by atoms with Crippen LogP contribution in [-0.4, -0.2) is 95.3 Å². The third-order valence-corrected chi connectivity index (χ3v) is 4.27. The van der Waals surface area contributed by atoms with Crippen LogP contribution in [0.2, 0.25) is 0 Å². The summed E-state index contributed by atoms with van der Waals surface area (Å²) in [5.41, 5.74) is 4.76. The quantitative estimate of drug-likeness (QED) is 0.142. The molecule has 5 N–H and O–H groups in total. The van der Waals surface area contributed by atoms with Gasteiger partial charge in [0.05, 0.1) is 59.5 Å². The highest BCUT2D eigenvalue weighted by molar-refractivity contribution is 5.76. The van der Waals surface area contributed by atoms with Crippen molar-refractivity contribution < 1.29 is 34.0 Å². The smallest absolute Gasteiger partial charge is 0.222 e. The molecule has 9 heteroatoms. The Balaban J connectivity index is 3.60. The van der Waals surface area contributed by atoms with Crippen molar-refractivity contribution in [3.05, 3.63) is 0 Å². The van der Waals surface area contributed by atoms with Crippen molar-refractivity contribution in [1.82, 2.24) is 5.32 Å². The van der Waals surface area contributed by atoms with Gasteiger partial charge < -0.3 is 40.2 Å². The van der Waals surface area contributed by atoms with Crippen molar-refractivity contribution in [2.45, 2.75) is 25.7 Å². The lowest BCUT2D eigenvalue weighted by Crippen LogP contribution is -2.43. The Bertz CT molecular complexity index is 426. The van der Waals surface area contributed by atoms with E-state index in [1.54, 1.807) is 0 Å². The van der Waals surface area contributed by atoms with Gasteiger partial charge >= 0.3 is 0 Å². The lowest BCUT2D eigenvalue weighted by molar-refractivity contribution is -0.123. The molecular formula is C20H38N2O7. The Morgan fingerprint density at radius 1 is 0.931 bits per heavy atom. The second-order valence-corrected chi connectivity index (χ2v) is 6.68. The van der Waals surface area contributed by atoms with Crippen molar-refractivity contribution in [1.29, 1.82) is 0 Å². The van der Waals surface area contributed by atoms with E-state index in [1.807, 2.05) is 0 Å². The number of aliphatic hydroxyl groups is 2. The average Bonchev–Trinajstić information content (AvgIpc) is 2.74. The summed E-state index contributed by atoms with van der Waals surface area (Å²) in [5, 5.41) is 21.9. The Labute approximate surface area is 174 Å². The average molecular weight is 419 g/mol. The van der Waals surface area contributed by atoms with E-state index in [0.717, 1.165) is 12.8 Å². The molecule has 0 aromatic carbocycles. The first kappa shape index (κ1) is 27.8. The van der Waals surface area contributed by atoms with Crippen molar-refractivity contribution in [2.75, 3.05) is 79.2 Å². The Kier molecular flexibility index (Phi) is 19.2. The molecule has 0 radical (unpaired) electrons. The number of hydrogen-bond donors (Lipinski definition) is 4. The Morgan fingerprint density at radius 3 is 2.00 bits per heavy atom. The molecule has 0 aliphatic carbocycles. The normalized spacial score (nSPS) is 11.4. The predicted octanol–water partition coefficient (Wildman–Crippen LogP) is -0.708. The third-order valence-electron chi connectivity index (χ3n) is 4.27. The zero-order valence-electron chi connectivity index (χ0n) is 17.4. The highest BCUT2D eigenvalue weighted by Gasteiger charge is 2.28. The van der Waals surface area contributed by atoms with Crippen molar-refractivity contribution in [2.24, 2.45) is 11.1 Å². The molecule has 0 aliphatic heterocycles. The van der Waals surface area contributed by atoms with Crippen LogP contribution in [0.5, 0.6) is 0 Å². The van der Waals surface area contributed by atoms with E-state index in [0.29, 0.717) is 52.6 Å². The number of rotatable bonds is 21. The van der Waals surface area contributed by atoms with Crippen molar-refractivity contribution >= 4 is 5.91 Å². The highest BCUT2D eigenvalue weighted by Crippen LogP contribution is 2.22. The minimum Gasteiger partial charge on any atom is -0.396 e. The highest BCUT2D eigenvalue weighted by atomic mass is 16.6. The van der Waals surface area contributed by atoms with E-state index in [-0.39, 0.29) is 45.3 Å². The largest absolute Gasteiger partial charge is 0.396 e. The van der Waals surface area contributed by atoms with Gasteiger partial charge in [-0.05, 0) is 19.4 Å². The van der Waals surface area contributed by atoms with Gasteiger partial charge in [0.2, 0.25) is 5.91 Å². The molecule has 0 saturated carbocycles. The number of terminal acetylenes is 1. The van der Waals surface area contributed by atoms with Gasteiger partial charge in [0.25, 0.3) is 0 Å². The van der Waals surface area contributed by atoms with E-state index in [9.17, 15) is 15.0 Å². The van der Waals surface area contributed by atoms with E-state index < -0.39 is 5.41 Å². The maximum absolute atomic E-state index is 11.9. The van der Waals surface area contributed by atoms with Crippen LogP contribution < -0.4 is 11.1 Å². The first-order valence-electron chi connectivity index (χ1n) is 10.1. The molecule has 0 aromatic rings. The second kappa shape index (κ2) is 20.0. The Morgan fingerprint density at radius 2 is 1.48 bits per heavy atom. The molecule has 0 heterocycles. The van der Waals surface area contributed by atoms with E-state index >= 15 is 0 Å². The number of aliphatic hydroxyl groups excluding tert-OH is 2. The van der Waals surface area contributed by atoms with Gasteiger partial charge in [-0.25, -0.2) is 0 Å². The monoisotopic (exact) mass is 418 g/mol. The lowest BCUT2D eigenvalue weighted by Gasteiger charge is -2.30. The molecule has 0 unspecified atom stereocenters. The van der Waals surface area contributed by atoms with Crippen LogP contribution in [0.4, 0.5) is 0 Å². The van der Waals surface area contributed by atoms with Gasteiger partial charge in [0, 0.05) is 18.4 Å². The van der Waals surface area contributed by atoms with Gasteiger partial charge in [-0.3, -0.25) is 4.79 Å². The minimum absolute atomic E-state index is 0.184. The molecule has 0 bridgehead atoms. The number of nitrogens with two attached hydrogens (primary N) is 1. The molecule has 0 aliphatic rings. The van der Waals surface area contributed by atoms with Crippen LogP contribution in [0.1, 0.15) is 25.7 Å². The number of unbranched alkanes of at least 4 members (excludes halogenated alkanes) is 1. The third kappa shape index (κ3) is 16.3. The summed E-state index contributed by atoms with van der Waals surface area (Å²) in [6, 6.07) is 0. The van der Waals surface area contributed by atoms with Crippen molar-refractivity contribution in [3.63, 3.8) is 0 Å². The van der Waals surface area contributed by atoms with Gasteiger partial charge in [0.15, 0.2) is 0 Å². The first-order valence-corrected chi connectivity index (χ1v) is 10.1. The van der Waals surface area contributed by atoms with Gasteiger partial charge in [-0.2, -0.15) is 0 Å². The molecule has 170 valence electrons. The van der Waals surface area contributed by atoms with Crippen LogP contribution in [0.3, 0.4) is 0 Å². The predicted molar refractivity (Wildman–Crippen MR) is 109 cm³/mol. The van der Waals surface area contributed by atoms with E-state index in [4.69, 9.17) is 31.1 Å². The summed E-state index contributed by atoms with van der Waals surface area (Å²) in [5.74, 6) is 2.19. The molecule has 0 rings (SSSR count). The standard InChI is InChI=1S/C20H38N2O7/c1-2-8-26-10-12-28-14-15-29-13-11-27-9-5-19(25)22-16-20(17-23,18-24)6-3-4-7-21/h1,23-24H,3-18,21H2,(H,22,25). The number of ether oxygens (including phenoxy) is 4. The second-order valence-electron chi connectivity index (χ2n) is 6.68. The minimum atomic E-state index is -0.713. The fraction of sp³-hybridized carbons (Fsp3) is 0.850. The molecule has 1 amide bonds. The maximum Gasteiger partial charge on any atom is 0.222 e. The molecule has 0 saturated heterocycles. The van der Waals surface area contributed by atoms with Crippen LogP contribution in [0, 0.1) is 17.8 Å². The topological polar surface area (TPSA) is 132 Å². The molecule has 0 atom stereocenters.